The fourth-order valence-electron chi connectivity index (χ4n) is 2.29. The summed E-state index contributed by atoms with van der Waals surface area (Å²) in [6.07, 6.45) is 0.866. The molecule has 0 unspecified atom stereocenters. The summed E-state index contributed by atoms with van der Waals surface area (Å²) in [7, 11) is -3.05. The summed E-state index contributed by atoms with van der Waals surface area (Å²) < 4.78 is 23.1. The maximum Gasteiger partial charge on any atom is 0.320 e. The minimum absolute atomic E-state index is 0.000197. The van der Waals surface area contributed by atoms with Gasteiger partial charge in [0.2, 0.25) is 0 Å². The highest BCUT2D eigenvalue weighted by Crippen LogP contribution is 2.11. The summed E-state index contributed by atoms with van der Waals surface area (Å²) in [6, 6.07) is -0.251. The molecule has 1 rings (SSSR count). The summed E-state index contributed by atoms with van der Waals surface area (Å²) in [5.41, 5.74) is 0. The third-order valence-electron chi connectivity index (χ3n) is 3.48. The van der Waals surface area contributed by atoms with Crippen LogP contribution in [-0.4, -0.2) is 72.5 Å². The Morgan fingerprint density at radius 3 is 2.48 bits per heavy atom. The van der Waals surface area contributed by atoms with Crippen LogP contribution in [0.2, 0.25) is 0 Å². The van der Waals surface area contributed by atoms with Crippen LogP contribution in [-0.2, 0) is 14.6 Å². The van der Waals surface area contributed by atoms with Crippen LogP contribution in [0.1, 0.15) is 33.1 Å². The van der Waals surface area contributed by atoms with Crippen LogP contribution in [0, 0.1) is 0 Å². The molecule has 1 aliphatic heterocycles. The van der Waals surface area contributed by atoms with E-state index in [1.54, 1.807) is 9.80 Å². The second-order valence-corrected chi connectivity index (χ2v) is 7.86. The molecule has 0 spiro atoms. The quantitative estimate of drug-likeness (QED) is 0.808. The van der Waals surface area contributed by atoms with Crippen LogP contribution in [0.25, 0.3) is 0 Å². The number of carbonyl (C=O) groups is 2. The van der Waals surface area contributed by atoms with Gasteiger partial charge < -0.3 is 14.9 Å². The number of rotatable bonds is 5. The van der Waals surface area contributed by atoms with Gasteiger partial charge in [0.05, 0.1) is 11.5 Å². The van der Waals surface area contributed by atoms with E-state index in [0.29, 0.717) is 25.9 Å². The molecule has 0 radical (unpaired) electrons. The van der Waals surface area contributed by atoms with Crippen LogP contribution in [0.5, 0.6) is 0 Å². The number of aliphatic carboxylic acids is 1. The van der Waals surface area contributed by atoms with Crippen molar-refractivity contribution >= 4 is 21.8 Å². The van der Waals surface area contributed by atoms with Gasteiger partial charge in [-0.3, -0.25) is 4.79 Å². The van der Waals surface area contributed by atoms with Gasteiger partial charge in [-0.15, -0.1) is 0 Å². The Balaban J connectivity index is 2.65. The first-order chi connectivity index (χ1) is 9.73. The summed E-state index contributed by atoms with van der Waals surface area (Å²) in [4.78, 5) is 26.2. The zero-order valence-corrected chi connectivity index (χ0v) is 13.4. The summed E-state index contributed by atoms with van der Waals surface area (Å²) in [5, 5.41) is 8.67. The van der Waals surface area contributed by atoms with Crippen molar-refractivity contribution in [2.24, 2.45) is 0 Å². The van der Waals surface area contributed by atoms with Crippen molar-refractivity contribution in [3.63, 3.8) is 0 Å². The van der Waals surface area contributed by atoms with Gasteiger partial charge in [0.25, 0.3) is 0 Å². The molecular formula is C13H24N2O5S. The van der Waals surface area contributed by atoms with Crippen LogP contribution in [0.4, 0.5) is 4.79 Å². The van der Waals surface area contributed by atoms with Crippen molar-refractivity contribution in [2.45, 2.75) is 39.2 Å². The predicted molar refractivity (Wildman–Crippen MR) is 79.0 cm³/mol. The minimum Gasteiger partial charge on any atom is -0.481 e. The number of carboxylic acid groups (broad SMARTS) is 1. The van der Waals surface area contributed by atoms with Crippen molar-refractivity contribution in [1.29, 1.82) is 0 Å². The van der Waals surface area contributed by atoms with Crippen molar-refractivity contribution in [2.75, 3.05) is 31.1 Å². The lowest BCUT2D eigenvalue weighted by atomic mass is 10.2. The van der Waals surface area contributed by atoms with Gasteiger partial charge in [0, 0.05) is 32.1 Å². The highest BCUT2D eigenvalue weighted by molar-refractivity contribution is 7.91. The second kappa shape index (κ2) is 7.63. The van der Waals surface area contributed by atoms with E-state index in [4.69, 9.17) is 5.11 Å². The molecule has 1 saturated heterocycles. The summed E-state index contributed by atoms with van der Waals surface area (Å²) in [6.45, 7) is 4.75. The number of amides is 2. The fourth-order valence-corrected chi connectivity index (χ4v) is 3.56. The minimum atomic E-state index is -3.05. The lowest BCUT2D eigenvalue weighted by Gasteiger charge is -2.32. The number of hydrogen-bond acceptors (Lipinski definition) is 4. The predicted octanol–water partition coefficient (Wildman–Crippen LogP) is 0.802. The molecule has 1 fully saturated rings. The van der Waals surface area contributed by atoms with E-state index in [1.165, 1.54) is 0 Å². The Hall–Kier alpha value is -1.31. The molecule has 2 amide bonds. The van der Waals surface area contributed by atoms with Gasteiger partial charge in [-0.05, 0) is 26.7 Å². The van der Waals surface area contributed by atoms with E-state index in [-0.39, 0.29) is 36.5 Å². The molecule has 0 aromatic carbocycles. The van der Waals surface area contributed by atoms with Gasteiger partial charge >= 0.3 is 12.0 Å². The molecule has 8 heteroatoms. The van der Waals surface area contributed by atoms with Gasteiger partial charge in [0.1, 0.15) is 0 Å². The smallest absolute Gasteiger partial charge is 0.320 e. The Morgan fingerprint density at radius 2 is 1.90 bits per heavy atom. The van der Waals surface area contributed by atoms with E-state index < -0.39 is 15.8 Å². The lowest BCUT2D eigenvalue weighted by molar-refractivity contribution is -0.137. The first-order valence-electron chi connectivity index (χ1n) is 7.20. The monoisotopic (exact) mass is 320 g/mol. The number of sulfone groups is 1. The maximum atomic E-state index is 12.5. The number of carboxylic acids is 1. The molecule has 0 saturated carbocycles. The normalized spacial score (nSPS) is 18.3. The molecule has 1 N–H and O–H groups in total. The van der Waals surface area contributed by atoms with Crippen molar-refractivity contribution in [3.8, 4) is 0 Å². The first kappa shape index (κ1) is 17.7. The first-order valence-corrected chi connectivity index (χ1v) is 9.03. The molecule has 1 heterocycles. The van der Waals surface area contributed by atoms with Gasteiger partial charge in [-0.1, -0.05) is 0 Å². The summed E-state index contributed by atoms with van der Waals surface area (Å²) in [5.74, 6) is -0.760. The molecule has 7 nitrogen and oxygen atoms in total. The number of nitrogens with zero attached hydrogens (tertiary/aromatic N) is 2. The second-order valence-electron chi connectivity index (χ2n) is 5.56. The summed E-state index contributed by atoms with van der Waals surface area (Å²) >= 11 is 0. The molecule has 1 aliphatic rings. The van der Waals surface area contributed by atoms with E-state index in [9.17, 15) is 18.0 Å². The molecule has 0 aromatic rings. The van der Waals surface area contributed by atoms with E-state index in [2.05, 4.69) is 0 Å². The largest absolute Gasteiger partial charge is 0.481 e. The average molecular weight is 320 g/mol. The highest BCUT2D eigenvalue weighted by atomic mass is 32.2. The van der Waals surface area contributed by atoms with E-state index >= 15 is 0 Å². The number of urea groups is 1. The number of hydrogen-bond donors (Lipinski definition) is 1. The van der Waals surface area contributed by atoms with Crippen LogP contribution in [0.3, 0.4) is 0 Å². The Morgan fingerprint density at radius 1 is 1.24 bits per heavy atom. The van der Waals surface area contributed by atoms with Crippen molar-refractivity contribution < 1.29 is 23.1 Å². The SMILES string of the molecule is CC(C)N(CCCC(=O)O)C(=O)N1CCCS(=O)(=O)CC1. The molecule has 0 aliphatic carbocycles. The molecule has 21 heavy (non-hydrogen) atoms. The van der Waals surface area contributed by atoms with Crippen LogP contribution in [0.15, 0.2) is 0 Å². The van der Waals surface area contributed by atoms with Crippen molar-refractivity contribution in [3.05, 3.63) is 0 Å². The van der Waals surface area contributed by atoms with Gasteiger partial charge in [0.15, 0.2) is 9.84 Å². The van der Waals surface area contributed by atoms with Gasteiger partial charge in [-0.2, -0.15) is 0 Å². The Kier molecular flexibility index (Phi) is 6.44. The molecule has 122 valence electrons. The van der Waals surface area contributed by atoms with E-state index in [1.807, 2.05) is 13.8 Å². The standard InChI is InChI=1S/C13H24N2O5S/c1-11(2)15(7-3-5-12(16)17)13(18)14-6-4-9-21(19,20)10-8-14/h11H,3-10H2,1-2H3,(H,16,17). The Bertz CT molecular complexity index is 475. The topological polar surface area (TPSA) is 95.0 Å². The highest BCUT2D eigenvalue weighted by Gasteiger charge is 2.27. The third kappa shape index (κ3) is 5.91. The molecule has 0 atom stereocenters. The number of carbonyl (C=O) groups excluding carboxylic acids is 1. The zero-order chi connectivity index (χ0) is 16.0. The molecule has 0 bridgehead atoms. The lowest BCUT2D eigenvalue weighted by Crippen LogP contribution is -2.47. The molecule has 0 aromatic heterocycles. The van der Waals surface area contributed by atoms with Crippen molar-refractivity contribution in [1.82, 2.24) is 9.80 Å². The zero-order valence-electron chi connectivity index (χ0n) is 12.6. The van der Waals surface area contributed by atoms with Crippen LogP contribution < -0.4 is 0 Å². The average Bonchev–Trinajstić information content (AvgIpc) is 2.54. The van der Waals surface area contributed by atoms with Gasteiger partial charge in [-0.25, -0.2) is 13.2 Å². The molecular weight excluding hydrogens is 296 g/mol. The fraction of sp³-hybridized carbons (Fsp3) is 0.846. The third-order valence-corrected chi connectivity index (χ3v) is 5.20. The maximum absolute atomic E-state index is 12.5. The van der Waals surface area contributed by atoms with Crippen LogP contribution >= 0.6 is 0 Å². The Labute approximate surface area is 125 Å². The van der Waals surface area contributed by atoms with E-state index in [0.717, 1.165) is 0 Å².